The number of carbonyl (C=O) groups is 1. The van der Waals surface area contributed by atoms with Crippen molar-refractivity contribution in [3.8, 4) is 0 Å². The molecule has 1 fully saturated rings. The Balaban J connectivity index is 1.16. The Morgan fingerprint density at radius 2 is 1.90 bits per heavy atom. The van der Waals surface area contributed by atoms with E-state index < -0.39 is 0 Å². The predicted molar refractivity (Wildman–Crippen MR) is 116 cm³/mol. The van der Waals surface area contributed by atoms with Gasteiger partial charge in [0.25, 0.3) is 5.91 Å². The zero-order valence-corrected chi connectivity index (χ0v) is 17.4. The zero-order chi connectivity index (χ0) is 21.0. The molecule has 1 aliphatic carbocycles. The van der Waals surface area contributed by atoms with E-state index in [1.807, 2.05) is 12.1 Å². The first-order valence-electron chi connectivity index (χ1n) is 10.8. The molecule has 2 aromatic heterocycles. The molecular weight excluding hydrogens is 392 g/mol. The number of oxazole rings is 1. The quantitative estimate of drug-likeness (QED) is 0.681. The van der Waals surface area contributed by atoms with Crippen molar-refractivity contribution in [3.05, 3.63) is 71.7 Å². The van der Waals surface area contributed by atoms with Gasteiger partial charge in [0, 0.05) is 38.6 Å². The lowest BCUT2D eigenvalue weighted by atomic mass is 9.88. The predicted octanol–water partition coefficient (Wildman–Crippen LogP) is 2.59. The first-order valence-corrected chi connectivity index (χ1v) is 10.8. The first-order chi connectivity index (χ1) is 15.3. The molecule has 31 heavy (non-hydrogen) atoms. The Morgan fingerprint density at radius 1 is 1.10 bits per heavy atom. The number of piperazine rings is 1. The molecule has 3 aromatic rings. The van der Waals surface area contributed by atoms with Crippen molar-refractivity contribution in [1.82, 2.24) is 25.2 Å². The number of fused-ring (bicyclic) bond motifs is 1. The SMILES string of the molecule is O=C(NC1CCCc2ccccc21)c1coc(CN2CCN(c3ncccn3)CC2)n1. The van der Waals surface area contributed by atoms with Crippen molar-refractivity contribution >= 4 is 11.9 Å². The highest BCUT2D eigenvalue weighted by Crippen LogP contribution is 2.29. The van der Waals surface area contributed by atoms with Crippen molar-refractivity contribution in [3.63, 3.8) is 0 Å². The van der Waals surface area contributed by atoms with Crippen molar-refractivity contribution in [2.75, 3.05) is 31.1 Å². The number of hydrogen-bond donors (Lipinski definition) is 1. The summed E-state index contributed by atoms with van der Waals surface area (Å²) in [7, 11) is 0. The molecule has 1 amide bonds. The monoisotopic (exact) mass is 418 g/mol. The summed E-state index contributed by atoms with van der Waals surface area (Å²) in [5, 5.41) is 3.14. The Labute approximate surface area is 181 Å². The van der Waals surface area contributed by atoms with Gasteiger partial charge in [-0.05, 0) is 36.5 Å². The molecule has 0 bridgehead atoms. The van der Waals surface area contributed by atoms with Crippen LogP contribution in [0.15, 0.2) is 53.4 Å². The lowest BCUT2D eigenvalue weighted by molar-refractivity contribution is 0.0927. The first kappa shape index (κ1) is 19.7. The van der Waals surface area contributed by atoms with Gasteiger partial charge in [-0.1, -0.05) is 24.3 Å². The highest BCUT2D eigenvalue weighted by atomic mass is 16.3. The van der Waals surface area contributed by atoms with Crippen LogP contribution >= 0.6 is 0 Å². The zero-order valence-electron chi connectivity index (χ0n) is 17.4. The van der Waals surface area contributed by atoms with Gasteiger partial charge in [0.2, 0.25) is 11.8 Å². The highest BCUT2D eigenvalue weighted by Gasteiger charge is 2.24. The molecule has 8 heteroatoms. The van der Waals surface area contributed by atoms with Gasteiger partial charge in [0.15, 0.2) is 5.69 Å². The highest BCUT2D eigenvalue weighted by molar-refractivity contribution is 5.92. The van der Waals surface area contributed by atoms with Crippen LogP contribution in [-0.4, -0.2) is 51.9 Å². The summed E-state index contributed by atoms with van der Waals surface area (Å²) in [5.74, 6) is 1.16. The molecule has 0 saturated carbocycles. The van der Waals surface area contributed by atoms with Gasteiger partial charge in [-0.3, -0.25) is 9.69 Å². The van der Waals surface area contributed by atoms with Gasteiger partial charge in [-0.25, -0.2) is 15.0 Å². The lowest BCUT2D eigenvalue weighted by Crippen LogP contribution is -2.46. The number of aryl methyl sites for hydroxylation is 1. The Bertz CT molecular complexity index is 1030. The van der Waals surface area contributed by atoms with E-state index in [-0.39, 0.29) is 11.9 Å². The molecule has 160 valence electrons. The van der Waals surface area contributed by atoms with Crippen molar-refractivity contribution in [2.24, 2.45) is 0 Å². The molecule has 8 nitrogen and oxygen atoms in total. The third kappa shape index (κ3) is 4.44. The second kappa shape index (κ2) is 8.85. The maximum Gasteiger partial charge on any atom is 0.273 e. The van der Waals surface area contributed by atoms with Crippen LogP contribution in [0.25, 0.3) is 0 Å². The number of amides is 1. The molecule has 2 aliphatic rings. The molecule has 1 N–H and O–H groups in total. The average molecular weight is 419 g/mol. The number of benzene rings is 1. The van der Waals surface area contributed by atoms with E-state index in [0.717, 1.165) is 51.4 Å². The van der Waals surface area contributed by atoms with Crippen LogP contribution in [0.3, 0.4) is 0 Å². The summed E-state index contributed by atoms with van der Waals surface area (Å²) in [4.78, 5) is 30.3. The Kier molecular flexibility index (Phi) is 5.62. The minimum Gasteiger partial charge on any atom is -0.447 e. The Morgan fingerprint density at radius 3 is 2.74 bits per heavy atom. The van der Waals surface area contributed by atoms with Gasteiger partial charge >= 0.3 is 0 Å². The fourth-order valence-corrected chi connectivity index (χ4v) is 4.38. The van der Waals surface area contributed by atoms with E-state index in [4.69, 9.17) is 4.42 Å². The standard InChI is InChI=1S/C23H26N6O2/c30-22(27-19-8-3-6-17-5-1-2-7-18(17)19)20-16-31-21(26-20)15-28-11-13-29(14-12-28)23-24-9-4-10-25-23/h1-2,4-5,7,9-10,16,19H,3,6,8,11-15H2,(H,27,30). The molecule has 1 aliphatic heterocycles. The van der Waals surface area contributed by atoms with E-state index in [1.165, 1.54) is 17.4 Å². The van der Waals surface area contributed by atoms with E-state index >= 15 is 0 Å². The second-order valence-electron chi connectivity index (χ2n) is 8.06. The fraction of sp³-hybridized carbons (Fsp3) is 0.391. The number of hydrogen-bond acceptors (Lipinski definition) is 7. The number of aromatic nitrogens is 3. The van der Waals surface area contributed by atoms with Gasteiger partial charge in [0.1, 0.15) is 6.26 Å². The van der Waals surface area contributed by atoms with Crippen LogP contribution in [-0.2, 0) is 13.0 Å². The van der Waals surface area contributed by atoms with E-state index in [2.05, 4.69) is 48.3 Å². The molecular formula is C23H26N6O2. The number of carbonyl (C=O) groups excluding carboxylic acids is 1. The van der Waals surface area contributed by atoms with Crippen LogP contribution in [0.2, 0.25) is 0 Å². The van der Waals surface area contributed by atoms with E-state index in [9.17, 15) is 4.79 Å². The fourth-order valence-electron chi connectivity index (χ4n) is 4.38. The lowest BCUT2D eigenvalue weighted by Gasteiger charge is -2.33. The number of nitrogens with zero attached hydrogens (tertiary/aromatic N) is 5. The number of anilines is 1. The summed E-state index contributed by atoms with van der Waals surface area (Å²) >= 11 is 0. The molecule has 1 unspecified atom stereocenters. The van der Waals surface area contributed by atoms with Gasteiger partial charge in [-0.15, -0.1) is 0 Å². The maximum atomic E-state index is 12.8. The third-order valence-electron chi connectivity index (χ3n) is 6.03. The summed E-state index contributed by atoms with van der Waals surface area (Å²) in [5.41, 5.74) is 2.88. The largest absolute Gasteiger partial charge is 0.447 e. The summed E-state index contributed by atoms with van der Waals surface area (Å²) in [6.07, 6.45) is 8.09. The number of rotatable bonds is 5. The molecule has 5 rings (SSSR count). The third-order valence-corrected chi connectivity index (χ3v) is 6.03. The van der Waals surface area contributed by atoms with Crippen LogP contribution < -0.4 is 10.2 Å². The summed E-state index contributed by atoms with van der Waals surface area (Å²) < 4.78 is 5.61. The van der Waals surface area contributed by atoms with Gasteiger partial charge in [-0.2, -0.15) is 0 Å². The molecule has 1 atom stereocenters. The normalized spacial score (nSPS) is 19.1. The van der Waals surface area contributed by atoms with Crippen molar-refractivity contribution in [1.29, 1.82) is 0 Å². The van der Waals surface area contributed by atoms with Crippen LogP contribution in [0.5, 0.6) is 0 Å². The Hall–Kier alpha value is -3.26. The molecule has 3 heterocycles. The smallest absolute Gasteiger partial charge is 0.273 e. The average Bonchev–Trinajstić information content (AvgIpc) is 3.29. The van der Waals surface area contributed by atoms with Crippen LogP contribution in [0.1, 0.15) is 46.4 Å². The molecule has 1 saturated heterocycles. The topological polar surface area (TPSA) is 87.4 Å². The van der Waals surface area contributed by atoms with Crippen LogP contribution in [0, 0.1) is 0 Å². The maximum absolute atomic E-state index is 12.8. The van der Waals surface area contributed by atoms with Gasteiger partial charge in [0.05, 0.1) is 12.6 Å². The molecule has 0 spiro atoms. The van der Waals surface area contributed by atoms with Crippen molar-refractivity contribution in [2.45, 2.75) is 31.8 Å². The van der Waals surface area contributed by atoms with E-state index in [0.29, 0.717) is 18.1 Å². The minimum absolute atomic E-state index is 0.0332. The second-order valence-corrected chi connectivity index (χ2v) is 8.06. The minimum atomic E-state index is -0.178. The number of nitrogens with one attached hydrogen (secondary N) is 1. The van der Waals surface area contributed by atoms with Gasteiger partial charge < -0.3 is 14.6 Å². The van der Waals surface area contributed by atoms with E-state index in [1.54, 1.807) is 12.4 Å². The summed E-state index contributed by atoms with van der Waals surface area (Å²) in [6, 6.07) is 10.2. The van der Waals surface area contributed by atoms with Crippen LogP contribution in [0.4, 0.5) is 5.95 Å². The summed E-state index contributed by atoms with van der Waals surface area (Å²) in [6.45, 7) is 4.00. The van der Waals surface area contributed by atoms with Crippen molar-refractivity contribution < 1.29 is 9.21 Å². The molecule has 1 aromatic carbocycles. The molecule has 0 radical (unpaired) electrons.